The molecule has 3 rings (SSSR count). The SMILES string of the molecule is c1ccc(OCc2cnc(COc3ccccc3)s2)cc1. The molecule has 0 saturated heterocycles. The summed E-state index contributed by atoms with van der Waals surface area (Å²) in [6.07, 6.45) is 1.84. The lowest BCUT2D eigenvalue weighted by Crippen LogP contribution is -1.93. The molecule has 1 heterocycles. The summed E-state index contributed by atoms with van der Waals surface area (Å²) >= 11 is 1.61. The molecule has 0 radical (unpaired) electrons. The number of para-hydroxylation sites is 2. The Morgan fingerprint density at radius 3 is 1.95 bits per heavy atom. The summed E-state index contributed by atoms with van der Waals surface area (Å²) in [7, 11) is 0. The maximum atomic E-state index is 5.70. The molecule has 0 aliphatic heterocycles. The zero-order valence-corrected chi connectivity index (χ0v) is 12.3. The molecule has 1 aromatic heterocycles. The smallest absolute Gasteiger partial charge is 0.140 e. The Labute approximate surface area is 127 Å². The Bertz CT molecular complexity index is 610. The van der Waals surface area contributed by atoms with Gasteiger partial charge in [-0.1, -0.05) is 36.4 Å². The average Bonchev–Trinajstić information content (AvgIpc) is 3.01. The van der Waals surface area contributed by atoms with Gasteiger partial charge in [-0.05, 0) is 24.3 Å². The van der Waals surface area contributed by atoms with Crippen LogP contribution >= 0.6 is 11.3 Å². The second kappa shape index (κ2) is 6.90. The first kappa shape index (κ1) is 13.6. The van der Waals surface area contributed by atoms with Crippen LogP contribution in [-0.2, 0) is 13.2 Å². The number of thiazole rings is 1. The largest absolute Gasteiger partial charge is 0.488 e. The third-order valence-electron chi connectivity index (χ3n) is 2.83. The van der Waals surface area contributed by atoms with Crippen LogP contribution in [0.15, 0.2) is 66.9 Å². The van der Waals surface area contributed by atoms with Crippen molar-refractivity contribution < 1.29 is 9.47 Å². The highest BCUT2D eigenvalue weighted by molar-refractivity contribution is 7.11. The van der Waals surface area contributed by atoms with E-state index in [2.05, 4.69) is 4.98 Å². The van der Waals surface area contributed by atoms with Gasteiger partial charge in [0.15, 0.2) is 0 Å². The second-order valence-electron chi connectivity index (χ2n) is 4.42. The van der Waals surface area contributed by atoms with Crippen LogP contribution in [-0.4, -0.2) is 4.98 Å². The van der Waals surface area contributed by atoms with Gasteiger partial charge in [0.2, 0.25) is 0 Å². The van der Waals surface area contributed by atoms with Crippen molar-refractivity contribution in [3.8, 4) is 11.5 Å². The average molecular weight is 297 g/mol. The minimum Gasteiger partial charge on any atom is -0.488 e. The molecular weight excluding hydrogens is 282 g/mol. The van der Waals surface area contributed by atoms with E-state index in [-0.39, 0.29) is 0 Å². The molecular formula is C17H15NO2S. The van der Waals surface area contributed by atoms with Crippen molar-refractivity contribution >= 4 is 11.3 Å². The highest BCUT2D eigenvalue weighted by Crippen LogP contribution is 2.18. The Kier molecular flexibility index (Phi) is 4.49. The maximum Gasteiger partial charge on any atom is 0.140 e. The van der Waals surface area contributed by atoms with Gasteiger partial charge >= 0.3 is 0 Å². The molecule has 0 aliphatic rings. The van der Waals surface area contributed by atoms with E-state index in [1.54, 1.807) is 11.3 Å². The fraction of sp³-hybridized carbons (Fsp3) is 0.118. The number of rotatable bonds is 6. The number of hydrogen-bond acceptors (Lipinski definition) is 4. The monoisotopic (exact) mass is 297 g/mol. The zero-order chi connectivity index (χ0) is 14.3. The van der Waals surface area contributed by atoms with Crippen molar-refractivity contribution in [1.82, 2.24) is 4.98 Å². The highest BCUT2D eigenvalue weighted by atomic mass is 32.1. The van der Waals surface area contributed by atoms with Crippen molar-refractivity contribution in [1.29, 1.82) is 0 Å². The lowest BCUT2D eigenvalue weighted by Gasteiger charge is -2.03. The van der Waals surface area contributed by atoms with Gasteiger partial charge in [0.25, 0.3) is 0 Å². The first-order valence-electron chi connectivity index (χ1n) is 6.69. The first-order valence-corrected chi connectivity index (χ1v) is 7.51. The van der Waals surface area contributed by atoms with Crippen molar-refractivity contribution in [3.63, 3.8) is 0 Å². The molecule has 0 spiro atoms. The van der Waals surface area contributed by atoms with Crippen molar-refractivity contribution in [3.05, 3.63) is 76.7 Å². The van der Waals surface area contributed by atoms with Crippen LogP contribution in [0.2, 0.25) is 0 Å². The van der Waals surface area contributed by atoms with Gasteiger partial charge in [-0.3, -0.25) is 0 Å². The molecule has 0 bridgehead atoms. The molecule has 2 aromatic carbocycles. The molecule has 0 amide bonds. The van der Waals surface area contributed by atoms with Gasteiger partial charge in [-0.2, -0.15) is 0 Å². The number of aromatic nitrogens is 1. The van der Waals surface area contributed by atoms with Gasteiger partial charge in [0, 0.05) is 6.20 Å². The molecule has 3 aromatic rings. The molecule has 3 nitrogen and oxygen atoms in total. The van der Waals surface area contributed by atoms with E-state index < -0.39 is 0 Å². The maximum absolute atomic E-state index is 5.70. The quantitative estimate of drug-likeness (QED) is 0.679. The van der Waals surface area contributed by atoms with Crippen LogP contribution in [0.25, 0.3) is 0 Å². The summed E-state index contributed by atoms with van der Waals surface area (Å²) < 4.78 is 11.4. The van der Waals surface area contributed by atoms with Crippen molar-refractivity contribution in [2.24, 2.45) is 0 Å². The normalized spacial score (nSPS) is 10.3. The topological polar surface area (TPSA) is 31.4 Å². The highest BCUT2D eigenvalue weighted by Gasteiger charge is 2.04. The van der Waals surface area contributed by atoms with E-state index >= 15 is 0 Å². The molecule has 0 atom stereocenters. The van der Waals surface area contributed by atoms with Crippen LogP contribution in [0.1, 0.15) is 9.88 Å². The fourth-order valence-corrected chi connectivity index (χ4v) is 2.56. The van der Waals surface area contributed by atoms with Crippen LogP contribution in [0.4, 0.5) is 0 Å². The Hall–Kier alpha value is -2.33. The number of hydrogen-bond donors (Lipinski definition) is 0. The molecule has 0 N–H and O–H groups in total. The second-order valence-corrected chi connectivity index (χ2v) is 5.62. The lowest BCUT2D eigenvalue weighted by molar-refractivity contribution is 0.305. The van der Waals surface area contributed by atoms with E-state index in [1.165, 1.54) is 0 Å². The molecule has 0 saturated carbocycles. The number of nitrogens with zero attached hydrogens (tertiary/aromatic N) is 1. The molecule has 21 heavy (non-hydrogen) atoms. The lowest BCUT2D eigenvalue weighted by atomic mass is 10.3. The van der Waals surface area contributed by atoms with Gasteiger partial charge in [-0.25, -0.2) is 4.98 Å². The Balaban J connectivity index is 1.52. The van der Waals surface area contributed by atoms with Crippen LogP contribution in [0, 0.1) is 0 Å². The van der Waals surface area contributed by atoms with Gasteiger partial charge in [0.1, 0.15) is 29.7 Å². The molecule has 106 valence electrons. The van der Waals surface area contributed by atoms with Crippen LogP contribution in [0.5, 0.6) is 11.5 Å². The summed E-state index contributed by atoms with van der Waals surface area (Å²) in [6, 6.07) is 19.5. The molecule has 4 heteroatoms. The predicted octanol–water partition coefficient (Wildman–Crippen LogP) is 4.30. The molecule has 0 aliphatic carbocycles. The van der Waals surface area contributed by atoms with Crippen LogP contribution in [0.3, 0.4) is 0 Å². The number of ether oxygens (including phenoxy) is 2. The summed E-state index contributed by atoms with van der Waals surface area (Å²) in [5, 5.41) is 0.950. The minimum atomic E-state index is 0.486. The predicted molar refractivity (Wildman–Crippen MR) is 83.7 cm³/mol. The summed E-state index contributed by atoms with van der Waals surface area (Å²) in [4.78, 5) is 5.45. The summed E-state index contributed by atoms with van der Waals surface area (Å²) in [5.74, 6) is 1.72. The van der Waals surface area contributed by atoms with Gasteiger partial charge in [-0.15, -0.1) is 11.3 Å². The van der Waals surface area contributed by atoms with E-state index in [9.17, 15) is 0 Å². The first-order chi connectivity index (χ1) is 10.4. The van der Waals surface area contributed by atoms with Crippen molar-refractivity contribution in [2.45, 2.75) is 13.2 Å². The fourth-order valence-electron chi connectivity index (χ4n) is 1.81. The third kappa shape index (κ3) is 4.07. The van der Waals surface area contributed by atoms with Gasteiger partial charge < -0.3 is 9.47 Å². The van der Waals surface area contributed by atoms with E-state index in [1.807, 2.05) is 66.9 Å². The molecule has 0 unspecified atom stereocenters. The van der Waals surface area contributed by atoms with Crippen LogP contribution < -0.4 is 9.47 Å². The Morgan fingerprint density at radius 1 is 0.762 bits per heavy atom. The van der Waals surface area contributed by atoms with Gasteiger partial charge in [0.05, 0.1) is 4.88 Å². The van der Waals surface area contributed by atoms with E-state index in [4.69, 9.17) is 9.47 Å². The Morgan fingerprint density at radius 2 is 1.33 bits per heavy atom. The summed E-state index contributed by atoms with van der Waals surface area (Å²) in [6.45, 7) is 1.02. The van der Waals surface area contributed by atoms with E-state index in [0.29, 0.717) is 13.2 Å². The van der Waals surface area contributed by atoms with E-state index in [0.717, 1.165) is 21.4 Å². The third-order valence-corrected chi connectivity index (χ3v) is 3.78. The summed E-state index contributed by atoms with van der Waals surface area (Å²) in [5.41, 5.74) is 0. The minimum absolute atomic E-state index is 0.486. The van der Waals surface area contributed by atoms with Crippen molar-refractivity contribution in [2.75, 3.05) is 0 Å². The number of benzene rings is 2. The molecule has 0 fully saturated rings. The standard InChI is InChI=1S/C17H15NO2S/c1-3-7-14(8-4-1)19-12-16-11-18-17(21-16)13-20-15-9-5-2-6-10-15/h1-11H,12-13H2. The zero-order valence-electron chi connectivity index (χ0n) is 11.4.